The summed E-state index contributed by atoms with van der Waals surface area (Å²) in [4.78, 5) is 19.4. The van der Waals surface area contributed by atoms with Crippen LogP contribution in [0.15, 0.2) is 66.9 Å². The van der Waals surface area contributed by atoms with Crippen molar-refractivity contribution < 1.29 is 13.9 Å². The molecule has 32 heavy (non-hydrogen) atoms. The highest BCUT2D eigenvalue weighted by Gasteiger charge is 2.25. The molecule has 1 aromatic heterocycles. The number of hydrogen-bond acceptors (Lipinski definition) is 3. The van der Waals surface area contributed by atoms with Crippen molar-refractivity contribution in [2.75, 3.05) is 19.7 Å². The van der Waals surface area contributed by atoms with Crippen molar-refractivity contribution in [1.29, 1.82) is 0 Å². The fourth-order valence-electron chi connectivity index (χ4n) is 4.28. The van der Waals surface area contributed by atoms with Gasteiger partial charge in [-0.1, -0.05) is 36.4 Å². The summed E-state index contributed by atoms with van der Waals surface area (Å²) in [5.74, 6) is 0.966. The number of benzene rings is 2. The number of para-hydroxylation sites is 1. The Hall–Kier alpha value is -3.21. The number of amides is 1. The summed E-state index contributed by atoms with van der Waals surface area (Å²) in [5, 5.41) is 0. The number of piperidine rings is 1. The van der Waals surface area contributed by atoms with Gasteiger partial charge >= 0.3 is 0 Å². The molecule has 2 aromatic carbocycles. The van der Waals surface area contributed by atoms with Crippen LogP contribution in [0.2, 0.25) is 0 Å². The van der Waals surface area contributed by atoms with Crippen molar-refractivity contribution in [2.45, 2.75) is 38.5 Å². The molecule has 0 radical (unpaired) electrons. The number of carbonyl (C=O) groups is 1. The van der Waals surface area contributed by atoms with Crippen LogP contribution in [0, 0.1) is 5.82 Å². The van der Waals surface area contributed by atoms with Crippen molar-refractivity contribution >= 4 is 5.91 Å². The maximum atomic E-state index is 13.1. The Morgan fingerprint density at radius 3 is 2.62 bits per heavy atom. The lowest BCUT2D eigenvalue weighted by atomic mass is 9.93. The molecule has 166 valence electrons. The summed E-state index contributed by atoms with van der Waals surface area (Å²) in [5.41, 5.74) is 4.17. The van der Waals surface area contributed by atoms with Crippen LogP contribution in [0.1, 0.15) is 48.1 Å². The lowest BCUT2D eigenvalue weighted by Gasteiger charge is -2.32. The molecule has 1 saturated heterocycles. The van der Waals surface area contributed by atoms with Crippen molar-refractivity contribution in [3.05, 3.63) is 95.1 Å². The molecule has 1 aliphatic rings. The quantitative estimate of drug-likeness (QED) is 0.518. The summed E-state index contributed by atoms with van der Waals surface area (Å²) in [6.45, 7) is 4.08. The Labute approximate surface area is 189 Å². The lowest BCUT2D eigenvalue weighted by Crippen LogP contribution is -2.40. The summed E-state index contributed by atoms with van der Waals surface area (Å²) >= 11 is 0. The van der Waals surface area contributed by atoms with E-state index in [4.69, 9.17) is 9.72 Å². The molecule has 1 fully saturated rings. The number of ether oxygens (including phenoxy) is 1. The van der Waals surface area contributed by atoms with Crippen molar-refractivity contribution in [3.8, 4) is 5.75 Å². The molecule has 0 N–H and O–H groups in total. The zero-order valence-corrected chi connectivity index (χ0v) is 18.5. The first-order chi connectivity index (χ1) is 15.6. The van der Waals surface area contributed by atoms with Crippen LogP contribution in [0.25, 0.3) is 0 Å². The molecule has 1 amide bonds. The molecule has 1 atom stereocenters. The number of nitrogens with zero attached hydrogens (tertiary/aromatic N) is 2. The minimum atomic E-state index is -0.282. The van der Waals surface area contributed by atoms with Gasteiger partial charge in [0.25, 0.3) is 0 Å². The minimum absolute atomic E-state index is 0.0884. The maximum Gasteiger partial charge on any atom is 0.227 e. The van der Waals surface area contributed by atoms with E-state index in [9.17, 15) is 9.18 Å². The smallest absolute Gasteiger partial charge is 0.227 e. The van der Waals surface area contributed by atoms with Gasteiger partial charge in [-0.15, -0.1) is 0 Å². The van der Waals surface area contributed by atoms with Gasteiger partial charge in [-0.05, 0) is 60.7 Å². The number of aromatic nitrogens is 1. The van der Waals surface area contributed by atoms with Gasteiger partial charge in [-0.2, -0.15) is 0 Å². The number of pyridine rings is 1. The highest BCUT2D eigenvalue weighted by Crippen LogP contribution is 2.27. The van der Waals surface area contributed by atoms with E-state index in [0.717, 1.165) is 53.9 Å². The number of halogens is 1. The number of likely N-dealkylation sites (tertiary alicyclic amines) is 1. The minimum Gasteiger partial charge on any atom is -0.494 e. The molecule has 4 rings (SSSR count). The third-order valence-corrected chi connectivity index (χ3v) is 5.98. The summed E-state index contributed by atoms with van der Waals surface area (Å²) in [6.07, 6.45) is 5.01. The zero-order valence-electron chi connectivity index (χ0n) is 18.5. The first kappa shape index (κ1) is 22.0. The molecule has 2 heterocycles. The van der Waals surface area contributed by atoms with Gasteiger partial charge < -0.3 is 9.64 Å². The first-order valence-electron chi connectivity index (χ1n) is 11.3. The molecular weight excluding hydrogens is 403 g/mol. The van der Waals surface area contributed by atoms with E-state index >= 15 is 0 Å². The van der Waals surface area contributed by atoms with E-state index in [1.165, 1.54) is 12.1 Å². The zero-order chi connectivity index (χ0) is 22.3. The van der Waals surface area contributed by atoms with Gasteiger partial charge in [0.1, 0.15) is 11.6 Å². The van der Waals surface area contributed by atoms with Gasteiger partial charge in [0.05, 0.1) is 13.0 Å². The number of carbonyl (C=O) groups excluding carboxylic acids is 1. The van der Waals surface area contributed by atoms with Crippen LogP contribution < -0.4 is 4.74 Å². The lowest BCUT2D eigenvalue weighted by molar-refractivity contribution is -0.131. The molecule has 4 nitrogen and oxygen atoms in total. The normalized spacial score (nSPS) is 16.1. The van der Waals surface area contributed by atoms with Crippen LogP contribution in [-0.4, -0.2) is 35.5 Å². The maximum absolute atomic E-state index is 13.1. The van der Waals surface area contributed by atoms with Gasteiger partial charge in [-0.25, -0.2) is 4.39 Å². The second kappa shape index (κ2) is 10.4. The van der Waals surface area contributed by atoms with Crippen molar-refractivity contribution in [2.24, 2.45) is 0 Å². The first-order valence-corrected chi connectivity index (χ1v) is 11.3. The van der Waals surface area contributed by atoms with E-state index in [1.807, 2.05) is 36.2 Å². The standard InChI is InChI=1S/C27H29FN2O2/c1-2-32-26-8-4-3-6-22(26)16-21-11-14-25(29-18-21)23-7-5-15-30(19-23)27(31)17-20-9-12-24(28)13-10-20/h3-4,6,8-14,18,23H,2,5,7,15-17,19H2,1H3. The molecule has 3 aromatic rings. The monoisotopic (exact) mass is 432 g/mol. The Kier molecular flexibility index (Phi) is 7.15. The van der Waals surface area contributed by atoms with Crippen LogP contribution in [-0.2, 0) is 17.6 Å². The molecule has 1 aliphatic heterocycles. The van der Waals surface area contributed by atoms with Crippen molar-refractivity contribution in [1.82, 2.24) is 9.88 Å². The Balaban J connectivity index is 1.38. The third-order valence-electron chi connectivity index (χ3n) is 5.98. The Morgan fingerprint density at radius 2 is 1.88 bits per heavy atom. The molecular formula is C27H29FN2O2. The fraction of sp³-hybridized carbons (Fsp3) is 0.333. The highest BCUT2D eigenvalue weighted by atomic mass is 19.1. The molecule has 0 aliphatic carbocycles. The molecule has 1 unspecified atom stereocenters. The van der Waals surface area contributed by atoms with Crippen LogP contribution in [0.3, 0.4) is 0 Å². The van der Waals surface area contributed by atoms with Gasteiger partial charge in [0, 0.05) is 37.3 Å². The van der Waals surface area contributed by atoms with Gasteiger partial charge in [0.15, 0.2) is 0 Å². The Morgan fingerprint density at radius 1 is 1.09 bits per heavy atom. The summed E-state index contributed by atoms with van der Waals surface area (Å²) < 4.78 is 18.8. The Bertz CT molecular complexity index is 1030. The van der Waals surface area contributed by atoms with Crippen LogP contribution >= 0.6 is 0 Å². The fourth-order valence-corrected chi connectivity index (χ4v) is 4.28. The summed E-state index contributed by atoms with van der Waals surface area (Å²) in [6, 6.07) is 18.5. The molecule has 5 heteroatoms. The van der Waals surface area contributed by atoms with E-state index in [2.05, 4.69) is 18.2 Å². The highest BCUT2D eigenvalue weighted by molar-refractivity contribution is 5.79. The van der Waals surface area contributed by atoms with Gasteiger partial charge in [-0.3, -0.25) is 9.78 Å². The largest absolute Gasteiger partial charge is 0.494 e. The van der Waals surface area contributed by atoms with Gasteiger partial charge in [0.2, 0.25) is 5.91 Å². The van der Waals surface area contributed by atoms with E-state index in [-0.39, 0.29) is 17.6 Å². The average Bonchev–Trinajstić information content (AvgIpc) is 2.82. The van der Waals surface area contributed by atoms with Crippen LogP contribution in [0.5, 0.6) is 5.75 Å². The average molecular weight is 433 g/mol. The second-order valence-corrected chi connectivity index (χ2v) is 8.29. The topological polar surface area (TPSA) is 42.4 Å². The van der Waals surface area contributed by atoms with E-state index in [1.54, 1.807) is 12.1 Å². The predicted molar refractivity (Wildman–Crippen MR) is 123 cm³/mol. The second-order valence-electron chi connectivity index (χ2n) is 8.29. The number of hydrogen-bond donors (Lipinski definition) is 0. The van der Waals surface area contributed by atoms with Crippen LogP contribution in [0.4, 0.5) is 4.39 Å². The predicted octanol–water partition coefficient (Wildman–Crippen LogP) is 5.16. The molecule has 0 spiro atoms. The SMILES string of the molecule is CCOc1ccccc1Cc1ccc(C2CCCN(C(=O)Cc3ccc(F)cc3)C2)nc1. The van der Waals surface area contributed by atoms with E-state index in [0.29, 0.717) is 19.6 Å². The third kappa shape index (κ3) is 5.52. The van der Waals surface area contributed by atoms with E-state index < -0.39 is 0 Å². The molecule has 0 saturated carbocycles. The summed E-state index contributed by atoms with van der Waals surface area (Å²) in [7, 11) is 0. The van der Waals surface area contributed by atoms with Crippen molar-refractivity contribution in [3.63, 3.8) is 0 Å². The molecule has 0 bridgehead atoms. The number of rotatable bonds is 7.